The number of thiol groups is 2. The predicted octanol–water partition coefficient (Wildman–Crippen LogP) is 1.63. The summed E-state index contributed by atoms with van der Waals surface area (Å²) in [5, 5.41) is 0. The third-order valence-corrected chi connectivity index (χ3v) is 3.95. The van der Waals surface area contributed by atoms with Gasteiger partial charge in [0.15, 0.2) is 0 Å². The Hall–Kier alpha value is 0.917. The van der Waals surface area contributed by atoms with Gasteiger partial charge in [-0.25, -0.2) is 0 Å². The van der Waals surface area contributed by atoms with Gasteiger partial charge in [0, 0.05) is 9.52 Å². The maximum absolute atomic E-state index is 4.15. The maximum atomic E-state index is 4.15. The highest BCUT2D eigenvalue weighted by atomic mass is 32.1. The lowest BCUT2D eigenvalue weighted by atomic mass is 10.6. The van der Waals surface area contributed by atoms with Gasteiger partial charge in [-0.05, 0) is 24.3 Å². The molecule has 0 radical (unpaired) electrons. The molecule has 0 saturated carbocycles. The van der Waals surface area contributed by atoms with Gasteiger partial charge >= 0.3 is 0 Å². The minimum Gasteiger partial charge on any atom is -0.179 e. The van der Waals surface area contributed by atoms with Gasteiger partial charge in [0.2, 0.25) is 0 Å². The van der Waals surface area contributed by atoms with E-state index in [2.05, 4.69) is 25.3 Å². The molecule has 0 aromatic heterocycles. The van der Waals surface area contributed by atoms with Crippen LogP contribution in [0.15, 0.2) is 0 Å². The van der Waals surface area contributed by atoms with E-state index >= 15 is 0 Å². The number of hydrogen-bond donors (Lipinski definition) is 2. The molecule has 0 aliphatic rings. The van der Waals surface area contributed by atoms with Crippen LogP contribution in [0.2, 0.25) is 12.1 Å². The molecule has 0 heterocycles. The van der Waals surface area contributed by atoms with E-state index < -0.39 is 0 Å². The first kappa shape index (κ1) is 9.92. The van der Waals surface area contributed by atoms with Crippen LogP contribution in [0.3, 0.4) is 0 Å². The first-order valence-corrected chi connectivity index (χ1v) is 6.90. The molecule has 0 fully saturated rings. The van der Waals surface area contributed by atoms with Crippen LogP contribution in [-0.2, 0) is 0 Å². The third kappa shape index (κ3) is 8.92. The van der Waals surface area contributed by atoms with Gasteiger partial charge in [-0.2, -0.15) is 25.3 Å². The highest BCUT2D eigenvalue weighted by Crippen LogP contribution is 1.97. The van der Waals surface area contributed by atoms with Gasteiger partial charge in [0.05, 0.1) is 0 Å². The molecule has 0 unspecified atom stereocenters. The standard InChI is InChI=1S/C6H16S2Si/c7-3-1-5-9-6-2-4-8/h7-8H,1-6,9H2. The average molecular weight is 180 g/mol. The molecule has 0 rings (SSSR count). The van der Waals surface area contributed by atoms with Crippen LogP contribution < -0.4 is 0 Å². The molecule has 0 N–H and O–H groups in total. The molecule has 0 bridgehead atoms. The van der Waals surface area contributed by atoms with Crippen molar-refractivity contribution >= 4 is 34.8 Å². The normalized spacial score (nSPS) is 10.0. The Kier molecular flexibility index (Phi) is 9.83. The first-order chi connectivity index (χ1) is 4.41. The molecule has 0 aromatic rings. The molecule has 0 aromatic carbocycles. The first-order valence-electron chi connectivity index (χ1n) is 3.63. The lowest BCUT2D eigenvalue weighted by Gasteiger charge is -1.94. The molecule has 0 aliphatic carbocycles. The molecule has 0 aliphatic heterocycles. The minimum absolute atomic E-state index is 0.292. The molecule has 0 nitrogen and oxygen atoms in total. The van der Waals surface area contributed by atoms with Crippen LogP contribution in [0.25, 0.3) is 0 Å². The van der Waals surface area contributed by atoms with E-state index in [-0.39, 0.29) is 0 Å². The Morgan fingerprint density at radius 2 is 1.33 bits per heavy atom. The third-order valence-electron chi connectivity index (χ3n) is 1.32. The number of hydrogen-bond acceptors (Lipinski definition) is 2. The van der Waals surface area contributed by atoms with E-state index in [9.17, 15) is 0 Å². The van der Waals surface area contributed by atoms with Crippen molar-refractivity contribution in [2.75, 3.05) is 11.5 Å². The van der Waals surface area contributed by atoms with Crippen molar-refractivity contribution < 1.29 is 0 Å². The smallest absolute Gasteiger partial charge is 0.0198 e. The van der Waals surface area contributed by atoms with Gasteiger partial charge in [0.1, 0.15) is 0 Å². The van der Waals surface area contributed by atoms with Crippen molar-refractivity contribution in [2.24, 2.45) is 0 Å². The van der Waals surface area contributed by atoms with Crippen LogP contribution in [0, 0.1) is 0 Å². The van der Waals surface area contributed by atoms with E-state index in [0.29, 0.717) is 9.52 Å². The van der Waals surface area contributed by atoms with E-state index in [0.717, 1.165) is 11.5 Å². The lowest BCUT2D eigenvalue weighted by molar-refractivity contribution is 1.04. The Balaban J connectivity index is 2.60. The summed E-state index contributed by atoms with van der Waals surface area (Å²) in [5.41, 5.74) is 0. The summed E-state index contributed by atoms with van der Waals surface area (Å²) in [6.07, 6.45) is 2.67. The van der Waals surface area contributed by atoms with Crippen molar-refractivity contribution in [2.45, 2.75) is 24.9 Å². The summed E-state index contributed by atoms with van der Waals surface area (Å²) in [4.78, 5) is 0. The molecular weight excluding hydrogens is 164 g/mol. The van der Waals surface area contributed by atoms with Gasteiger partial charge in [-0.15, -0.1) is 0 Å². The van der Waals surface area contributed by atoms with Crippen molar-refractivity contribution in [3.63, 3.8) is 0 Å². The topological polar surface area (TPSA) is 0 Å². The second-order valence-corrected chi connectivity index (χ2v) is 5.23. The van der Waals surface area contributed by atoms with Gasteiger partial charge in [-0.3, -0.25) is 0 Å². The fourth-order valence-electron chi connectivity index (χ4n) is 0.754. The fraction of sp³-hybridized carbons (Fsp3) is 1.00. The monoisotopic (exact) mass is 180 g/mol. The van der Waals surface area contributed by atoms with Crippen molar-refractivity contribution in [1.82, 2.24) is 0 Å². The predicted molar refractivity (Wildman–Crippen MR) is 55.1 cm³/mol. The molecular formula is C6H16S2Si. The Labute approximate surface area is 71.4 Å². The van der Waals surface area contributed by atoms with Gasteiger partial charge < -0.3 is 0 Å². The largest absolute Gasteiger partial charge is 0.179 e. The summed E-state index contributed by atoms with van der Waals surface area (Å²) < 4.78 is 0. The summed E-state index contributed by atoms with van der Waals surface area (Å²) in [6.45, 7) is 0. The summed E-state index contributed by atoms with van der Waals surface area (Å²) in [5.74, 6) is 2.15. The summed E-state index contributed by atoms with van der Waals surface area (Å²) in [7, 11) is 0.292. The highest BCUT2D eigenvalue weighted by molar-refractivity contribution is 7.80. The van der Waals surface area contributed by atoms with E-state index in [1.807, 2.05) is 0 Å². The summed E-state index contributed by atoms with van der Waals surface area (Å²) in [6, 6.07) is 2.97. The van der Waals surface area contributed by atoms with Crippen LogP contribution in [-0.4, -0.2) is 21.0 Å². The van der Waals surface area contributed by atoms with E-state index in [4.69, 9.17) is 0 Å². The lowest BCUT2D eigenvalue weighted by Crippen LogP contribution is -1.89. The zero-order chi connectivity index (χ0) is 6.95. The van der Waals surface area contributed by atoms with Crippen molar-refractivity contribution in [1.29, 1.82) is 0 Å². The molecule has 0 saturated heterocycles. The SMILES string of the molecule is SCCC[SiH2]CCCS. The van der Waals surface area contributed by atoms with Gasteiger partial charge in [0.25, 0.3) is 0 Å². The molecule has 0 atom stereocenters. The molecule has 56 valence electrons. The Bertz CT molecular complexity index is 44.3. The maximum Gasteiger partial charge on any atom is 0.0198 e. The van der Waals surface area contributed by atoms with Crippen LogP contribution in [0.1, 0.15) is 12.8 Å². The molecule has 3 heteroatoms. The van der Waals surface area contributed by atoms with Crippen LogP contribution in [0.4, 0.5) is 0 Å². The molecule has 0 amide bonds. The fourth-order valence-corrected chi connectivity index (χ4v) is 3.60. The van der Waals surface area contributed by atoms with Crippen LogP contribution >= 0.6 is 25.3 Å². The van der Waals surface area contributed by atoms with E-state index in [1.54, 1.807) is 0 Å². The van der Waals surface area contributed by atoms with Crippen LogP contribution in [0.5, 0.6) is 0 Å². The van der Waals surface area contributed by atoms with Crippen molar-refractivity contribution in [3.8, 4) is 0 Å². The second-order valence-electron chi connectivity index (χ2n) is 2.21. The highest BCUT2D eigenvalue weighted by Gasteiger charge is 1.87. The van der Waals surface area contributed by atoms with Gasteiger partial charge in [-0.1, -0.05) is 12.1 Å². The zero-order valence-corrected chi connectivity index (χ0v) is 9.05. The zero-order valence-electron chi connectivity index (χ0n) is 5.84. The summed E-state index contributed by atoms with van der Waals surface area (Å²) >= 11 is 8.31. The van der Waals surface area contributed by atoms with E-state index in [1.165, 1.54) is 24.9 Å². The second kappa shape index (κ2) is 8.92. The number of rotatable bonds is 6. The Morgan fingerprint density at radius 3 is 1.67 bits per heavy atom. The molecule has 9 heavy (non-hydrogen) atoms. The Morgan fingerprint density at radius 1 is 0.889 bits per heavy atom. The minimum atomic E-state index is 0.292. The van der Waals surface area contributed by atoms with Crippen molar-refractivity contribution in [3.05, 3.63) is 0 Å². The molecule has 0 spiro atoms. The average Bonchev–Trinajstić information content (AvgIpc) is 1.89. The quantitative estimate of drug-likeness (QED) is 0.346.